The lowest BCUT2D eigenvalue weighted by Gasteiger charge is -2.12. The number of anilines is 1. The number of amides is 1. The molecule has 1 N–H and O–H groups in total. The first-order valence-corrected chi connectivity index (χ1v) is 6.67. The Bertz CT molecular complexity index is 767. The number of ether oxygens (including phenoxy) is 1. The van der Waals surface area contributed by atoms with E-state index in [0.29, 0.717) is 4.68 Å². The van der Waals surface area contributed by atoms with E-state index in [1.54, 1.807) is 0 Å². The van der Waals surface area contributed by atoms with Gasteiger partial charge in [-0.05, 0) is 12.1 Å². The molecule has 1 amide bonds. The number of carbonyl (C=O) groups is 1. The van der Waals surface area contributed by atoms with Crippen LogP contribution >= 0.6 is 0 Å². The summed E-state index contributed by atoms with van der Waals surface area (Å²) in [6.07, 6.45) is -8.59. The molecule has 0 spiro atoms. The highest BCUT2D eigenvalue weighted by atomic mass is 19.4. The first kappa shape index (κ1) is 18.6. The number of hydrogen-bond donors (Lipinski definition) is 1. The second-order valence-corrected chi connectivity index (χ2v) is 4.91. The maximum atomic E-state index is 13.0. The Morgan fingerprint density at radius 3 is 2.52 bits per heavy atom. The molecular weight excluding hydrogens is 356 g/mol. The van der Waals surface area contributed by atoms with Gasteiger partial charge < -0.3 is 10.1 Å². The van der Waals surface area contributed by atoms with Gasteiger partial charge in [0.1, 0.15) is 5.75 Å². The zero-order valence-electron chi connectivity index (χ0n) is 12.6. The lowest BCUT2D eigenvalue weighted by atomic mass is 10.2. The van der Waals surface area contributed by atoms with E-state index in [9.17, 15) is 31.1 Å². The van der Waals surface area contributed by atoms with Crippen LogP contribution in [0.5, 0.6) is 5.75 Å². The molecular formula is C14H11F6N3O2. The molecule has 2 rings (SSSR count). The maximum absolute atomic E-state index is 13.0. The Kier molecular flexibility index (Phi) is 4.95. The van der Waals surface area contributed by atoms with E-state index >= 15 is 0 Å². The van der Waals surface area contributed by atoms with Gasteiger partial charge in [0.2, 0.25) is 0 Å². The molecule has 0 radical (unpaired) electrons. The first-order chi connectivity index (χ1) is 11.5. The van der Waals surface area contributed by atoms with Gasteiger partial charge in [0.05, 0.1) is 11.8 Å². The van der Waals surface area contributed by atoms with Crippen LogP contribution < -0.4 is 10.1 Å². The molecule has 11 heteroatoms. The van der Waals surface area contributed by atoms with E-state index in [2.05, 4.69) is 15.2 Å². The third kappa shape index (κ3) is 4.88. The van der Waals surface area contributed by atoms with Gasteiger partial charge in [0.25, 0.3) is 5.91 Å². The van der Waals surface area contributed by atoms with Gasteiger partial charge >= 0.3 is 12.4 Å². The molecule has 0 aliphatic rings. The number of rotatable bonds is 4. The standard InChI is InChI=1S/C14H11F6N3O2/c1-23-11(14(18,19)20)10(6-21-23)12(24)22-8-3-2-4-9(5-8)25-7-13(15,16)17/h2-6H,7H2,1H3,(H,22,24). The number of benzene rings is 1. The molecule has 1 aromatic carbocycles. The molecule has 0 aliphatic carbocycles. The summed E-state index contributed by atoms with van der Waals surface area (Å²) in [5, 5.41) is 5.57. The Hall–Kier alpha value is -2.72. The summed E-state index contributed by atoms with van der Waals surface area (Å²) in [6.45, 7) is -1.54. The average Bonchev–Trinajstić information content (AvgIpc) is 2.87. The van der Waals surface area contributed by atoms with E-state index in [0.717, 1.165) is 19.3 Å². The van der Waals surface area contributed by atoms with Crippen molar-refractivity contribution < 1.29 is 35.9 Å². The van der Waals surface area contributed by atoms with Gasteiger partial charge in [0.15, 0.2) is 12.3 Å². The Labute approximate surface area is 137 Å². The van der Waals surface area contributed by atoms with Crippen LogP contribution in [0.4, 0.5) is 32.0 Å². The van der Waals surface area contributed by atoms with Crippen LogP contribution in [0.3, 0.4) is 0 Å². The summed E-state index contributed by atoms with van der Waals surface area (Å²) in [4.78, 5) is 12.0. The van der Waals surface area contributed by atoms with E-state index < -0.39 is 36.1 Å². The monoisotopic (exact) mass is 367 g/mol. The highest BCUT2D eigenvalue weighted by molar-refractivity contribution is 6.05. The van der Waals surface area contributed by atoms with Crippen LogP contribution in [0.2, 0.25) is 0 Å². The van der Waals surface area contributed by atoms with Crippen molar-refractivity contribution in [1.29, 1.82) is 0 Å². The van der Waals surface area contributed by atoms with E-state index in [-0.39, 0.29) is 11.4 Å². The second kappa shape index (κ2) is 6.65. The normalized spacial score (nSPS) is 12.1. The van der Waals surface area contributed by atoms with Crippen molar-refractivity contribution >= 4 is 11.6 Å². The quantitative estimate of drug-likeness (QED) is 0.840. The van der Waals surface area contributed by atoms with E-state index in [1.807, 2.05) is 0 Å². The highest BCUT2D eigenvalue weighted by Crippen LogP contribution is 2.32. The first-order valence-electron chi connectivity index (χ1n) is 6.67. The van der Waals surface area contributed by atoms with Gasteiger partial charge in [-0.3, -0.25) is 9.48 Å². The zero-order valence-corrected chi connectivity index (χ0v) is 12.6. The predicted molar refractivity (Wildman–Crippen MR) is 74.2 cm³/mol. The van der Waals surface area contributed by atoms with Gasteiger partial charge in [-0.15, -0.1) is 0 Å². The zero-order chi connectivity index (χ0) is 18.8. The number of hydrogen-bond acceptors (Lipinski definition) is 3. The van der Waals surface area contributed by atoms with Gasteiger partial charge in [-0.2, -0.15) is 31.4 Å². The van der Waals surface area contributed by atoms with Crippen molar-refractivity contribution in [2.45, 2.75) is 12.4 Å². The predicted octanol–water partition coefficient (Wildman–Crippen LogP) is 3.63. The molecule has 0 unspecified atom stereocenters. The largest absolute Gasteiger partial charge is 0.484 e. The Balaban J connectivity index is 2.17. The van der Waals surface area contributed by atoms with Crippen LogP contribution in [0.25, 0.3) is 0 Å². The average molecular weight is 367 g/mol. The van der Waals surface area contributed by atoms with Crippen molar-refractivity contribution in [2.75, 3.05) is 11.9 Å². The molecule has 0 atom stereocenters. The molecule has 1 heterocycles. The summed E-state index contributed by atoms with van der Waals surface area (Å²) in [6, 6.07) is 4.86. The molecule has 0 saturated carbocycles. The summed E-state index contributed by atoms with van der Waals surface area (Å²) in [7, 11) is 1.03. The summed E-state index contributed by atoms with van der Waals surface area (Å²) < 4.78 is 80.2. The van der Waals surface area contributed by atoms with Crippen LogP contribution in [-0.2, 0) is 13.2 Å². The number of halogens is 6. The fourth-order valence-corrected chi connectivity index (χ4v) is 1.97. The van der Waals surface area contributed by atoms with E-state index in [1.165, 1.54) is 18.2 Å². The van der Waals surface area contributed by atoms with E-state index in [4.69, 9.17) is 0 Å². The van der Waals surface area contributed by atoms with Gasteiger partial charge in [-0.1, -0.05) is 6.07 Å². The van der Waals surface area contributed by atoms with Gasteiger partial charge in [-0.25, -0.2) is 0 Å². The molecule has 25 heavy (non-hydrogen) atoms. The highest BCUT2D eigenvalue weighted by Gasteiger charge is 2.39. The Morgan fingerprint density at radius 2 is 1.92 bits per heavy atom. The molecule has 2 aromatic rings. The number of aryl methyl sites for hydroxylation is 1. The fraction of sp³-hybridized carbons (Fsp3) is 0.286. The molecule has 0 fully saturated rings. The molecule has 0 bridgehead atoms. The lowest BCUT2D eigenvalue weighted by molar-refractivity contribution is -0.153. The number of nitrogens with one attached hydrogen (secondary N) is 1. The van der Waals surface area contributed by atoms with Crippen molar-refractivity contribution in [3.05, 3.63) is 41.7 Å². The second-order valence-electron chi connectivity index (χ2n) is 4.91. The van der Waals surface area contributed by atoms with Crippen LogP contribution in [0.15, 0.2) is 30.5 Å². The maximum Gasteiger partial charge on any atom is 0.433 e. The van der Waals surface area contributed by atoms with Crippen LogP contribution in [0.1, 0.15) is 16.1 Å². The lowest BCUT2D eigenvalue weighted by Crippen LogP contribution is -2.20. The number of aromatic nitrogens is 2. The fourth-order valence-electron chi connectivity index (χ4n) is 1.97. The van der Waals surface area contributed by atoms with Crippen molar-refractivity contribution in [3.8, 4) is 5.75 Å². The number of carbonyl (C=O) groups excluding carboxylic acids is 1. The van der Waals surface area contributed by atoms with Crippen LogP contribution in [-0.4, -0.2) is 28.5 Å². The molecule has 0 saturated heterocycles. The third-order valence-electron chi connectivity index (χ3n) is 2.95. The smallest absolute Gasteiger partial charge is 0.433 e. The minimum Gasteiger partial charge on any atom is -0.484 e. The molecule has 5 nitrogen and oxygen atoms in total. The van der Waals surface area contributed by atoms with Crippen molar-refractivity contribution in [2.24, 2.45) is 7.05 Å². The topological polar surface area (TPSA) is 56.2 Å². The minimum absolute atomic E-state index is 0.0262. The Morgan fingerprint density at radius 1 is 1.24 bits per heavy atom. The third-order valence-corrected chi connectivity index (χ3v) is 2.95. The number of nitrogens with zero attached hydrogens (tertiary/aromatic N) is 2. The van der Waals surface area contributed by atoms with Crippen molar-refractivity contribution in [1.82, 2.24) is 9.78 Å². The number of alkyl halides is 6. The molecule has 136 valence electrons. The summed E-state index contributed by atoms with van der Waals surface area (Å²) in [5.74, 6) is -1.30. The minimum atomic E-state index is -4.80. The van der Waals surface area contributed by atoms with Crippen LogP contribution in [0, 0.1) is 0 Å². The van der Waals surface area contributed by atoms with Gasteiger partial charge in [0, 0.05) is 18.8 Å². The SMILES string of the molecule is Cn1ncc(C(=O)Nc2cccc(OCC(F)(F)F)c2)c1C(F)(F)F. The molecule has 0 aliphatic heterocycles. The molecule has 1 aromatic heterocycles. The summed E-state index contributed by atoms with van der Waals surface area (Å²) in [5.41, 5.74) is -1.98. The van der Waals surface area contributed by atoms with Crippen molar-refractivity contribution in [3.63, 3.8) is 0 Å². The summed E-state index contributed by atoms with van der Waals surface area (Å²) >= 11 is 0.